The van der Waals surface area contributed by atoms with Gasteiger partial charge in [0, 0.05) is 24.0 Å². The van der Waals surface area contributed by atoms with Crippen molar-refractivity contribution in [3.05, 3.63) is 24.3 Å². The molecule has 0 aromatic heterocycles. The van der Waals surface area contributed by atoms with Gasteiger partial charge in [-0.05, 0) is 25.7 Å². The lowest BCUT2D eigenvalue weighted by atomic mass is 9.49. The number of esters is 3. The third-order valence-corrected chi connectivity index (χ3v) is 10.1. The summed E-state index contributed by atoms with van der Waals surface area (Å²) in [5, 5.41) is 21.9. The number of epoxide rings is 2. The zero-order valence-corrected chi connectivity index (χ0v) is 21.7. The summed E-state index contributed by atoms with van der Waals surface area (Å²) in [5.41, 5.74) is -3.47. The first kappa shape index (κ1) is 25.9. The summed E-state index contributed by atoms with van der Waals surface area (Å²) < 4.78 is 35.5. The van der Waals surface area contributed by atoms with E-state index in [4.69, 9.17) is 28.4 Å². The molecule has 6 rings (SSSR count). The molecule has 11 heteroatoms. The van der Waals surface area contributed by atoms with Crippen molar-refractivity contribution in [2.24, 2.45) is 16.7 Å². The van der Waals surface area contributed by atoms with Crippen LogP contribution < -0.4 is 0 Å². The predicted octanol–water partition coefficient (Wildman–Crippen LogP) is 0.353. The van der Waals surface area contributed by atoms with E-state index < -0.39 is 76.4 Å². The molecule has 11 unspecified atom stereocenters. The molecular weight excluding hydrogens is 500 g/mol. The summed E-state index contributed by atoms with van der Waals surface area (Å²) in [6.07, 6.45) is 1.58. The highest BCUT2D eigenvalue weighted by Gasteiger charge is 2.87. The van der Waals surface area contributed by atoms with Crippen LogP contribution >= 0.6 is 0 Å². The van der Waals surface area contributed by atoms with E-state index in [1.807, 2.05) is 13.8 Å². The number of aliphatic hydroxyl groups is 2. The van der Waals surface area contributed by atoms with Gasteiger partial charge in [-0.15, -0.1) is 0 Å². The van der Waals surface area contributed by atoms with Crippen LogP contribution in [-0.2, 0) is 42.8 Å². The lowest BCUT2D eigenvalue weighted by Gasteiger charge is -2.59. The molecule has 2 bridgehead atoms. The Morgan fingerprint density at radius 3 is 2.37 bits per heavy atom. The highest BCUT2D eigenvalue weighted by Crippen LogP contribution is 2.75. The van der Waals surface area contributed by atoms with Crippen molar-refractivity contribution in [2.45, 2.75) is 87.9 Å². The number of allylic oxidation sites excluding steroid dienone is 2. The van der Waals surface area contributed by atoms with Crippen molar-refractivity contribution >= 4 is 17.9 Å². The number of cyclic esters (lactones) is 2. The molecule has 2 N–H and O–H groups in total. The van der Waals surface area contributed by atoms with Crippen molar-refractivity contribution in [3.8, 4) is 0 Å². The average molecular weight is 535 g/mol. The minimum Gasteiger partial charge on any atom is -0.463 e. The maximum atomic E-state index is 13.0. The smallest absolute Gasteiger partial charge is 0.335 e. The molecule has 2 aliphatic carbocycles. The zero-order chi connectivity index (χ0) is 27.1. The Morgan fingerprint density at radius 2 is 1.66 bits per heavy atom. The molecule has 5 fully saturated rings. The van der Waals surface area contributed by atoms with Gasteiger partial charge >= 0.3 is 17.9 Å². The summed E-state index contributed by atoms with van der Waals surface area (Å²) in [6, 6.07) is 0. The number of ether oxygens (including phenoxy) is 6. The van der Waals surface area contributed by atoms with Crippen molar-refractivity contribution in [3.63, 3.8) is 0 Å². The first-order valence-corrected chi connectivity index (χ1v) is 13.2. The Morgan fingerprint density at radius 1 is 0.947 bits per heavy atom. The van der Waals surface area contributed by atoms with Crippen LogP contribution in [0.5, 0.6) is 0 Å². The van der Waals surface area contributed by atoms with Gasteiger partial charge < -0.3 is 38.6 Å². The molecule has 4 aliphatic heterocycles. The highest BCUT2D eigenvalue weighted by molar-refractivity contribution is 5.84. The first-order chi connectivity index (χ1) is 18.0. The van der Waals surface area contributed by atoms with Gasteiger partial charge in [0.05, 0.1) is 36.9 Å². The quantitative estimate of drug-likeness (QED) is 0.251. The van der Waals surface area contributed by atoms with Gasteiger partial charge in [-0.2, -0.15) is 0 Å². The van der Waals surface area contributed by atoms with Crippen molar-refractivity contribution in [1.82, 2.24) is 0 Å². The standard InChI is InChI=1S/C27H34O11/c1-14-8-9-33-18(29)6-4-5-7-19(30)36-16-10-17-27(13-35-27)25(16,3)26(12-34-23(32)20(14)31)11-15(28)24(2)21(38-24)22(26)37-17/h4-7,14-17,20-22,28,31H,8-13H2,1-3H3/b6-4+,7-5+. The number of carbonyl (C=O) groups is 3. The van der Waals surface area contributed by atoms with Gasteiger partial charge in [-0.1, -0.05) is 26.0 Å². The second-order valence-corrected chi connectivity index (χ2v) is 11.9. The maximum Gasteiger partial charge on any atom is 0.335 e. The molecule has 11 nitrogen and oxygen atoms in total. The average Bonchev–Trinajstić information content (AvgIpc) is 3.78. The fourth-order valence-electron chi connectivity index (χ4n) is 7.38. The van der Waals surface area contributed by atoms with Gasteiger partial charge in [0.15, 0.2) is 6.10 Å². The van der Waals surface area contributed by atoms with E-state index in [0.717, 1.165) is 0 Å². The normalized spacial score (nSPS) is 53.8. The summed E-state index contributed by atoms with van der Waals surface area (Å²) in [7, 11) is 0. The number of carbonyl (C=O) groups excluding carboxylic acids is 3. The molecule has 6 aliphatic rings. The Hall–Kier alpha value is -2.31. The fraction of sp³-hybridized carbons (Fsp3) is 0.741. The summed E-state index contributed by atoms with van der Waals surface area (Å²) in [4.78, 5) is 37.8. The van der Waals surface area contributed by atoms with Gasteiger partial charge in [-0.3, -0.25) is 0 Å². The SMILES string of the molecule is CC1CCOC(=O)/C=C/C=C/C(=O)OC2CC3OC4C5OC5(C)C(O)CC4(COC(=O)C1O)C2(C)C31CO1. The second-order valence-electron chi connectivity index (χ2n) is 11.9. The third kappa shape index (κ3) is 3.48. The highest BCUT2D eigenvalue weighted by atomic mass is 16.7. The molecule has 0 radical (unpaired) electrons. The number of hydrogen-bond donors (Lipinski definition) is 2. The lowest BCUT2D eigenvalue weighted by Crippen LogP contribution is -2.71. The van der Waals surface area contributed by atoms with Crippen LogP contribution in [0.15, 0.2) is 24.3 Å². The van der Waals surface area contributed by atoms with Crippen LogP contribution in [0.4, 0.5) is 0 Å². The minimum absolute atomic E-state index is 0.00885. The molecule has 0 aromatic carbocycles. The van der Waals surface area contributed by atoms with Crippen molar-refractivity contribution < 1.29 is 53.0 Å². The fourth-order valence-corrected chi connectivity index (χ4v) is 7.38. The van der Waals surface area contributed by atoms with E-state index in [9.17, 15) is 24.6 Å². The van der Waals surface area contributed by atoms with E-state index in [2.05, 4.69) is 0 Å². The largest absolute Gasteiger partial charge is 0.463 e. The van der Waals surface area contributed by atoms with Crippen LogP contribution in [0.25, 0.3) is 0 Å². The van der Waals surface area contributed by atoms with Gasteiger partial charge in [0.25, 0.3) is 0 Å². The first-order valence-electron chi connectivity index (χ1n) is 13.2. The summed E-state index contributed by atoms with van der Waals surface area (Å²) >= 11 is 0. The molecule has 0 amide bonds. The molecule has 208 valence electrons. The number of aliphatic hydroxyl groups excluding tert-OH is 2. The molecule has 2 saturated carbocycles. The molecule has 0 aromatic rings. The minimum atomic E-state index is -1.45. The van der Waals surface area contributed by atoms with E-state index in [0.29, 0.717) is 13.0 Å². The van der Waals surface area contributed by atoms with E-state index in [1.54, 1.807) is 6.92 Å². The topological polar surface area (TPSA) is 154 Å². The van der Waals surface area contributed by atoms with Crippen LogP contribution in [0.3, 0.4) is 0 Å². The second kappa shape index (κ2) is 8.59. The maximum absolute atomic E-state index is 13.0. The lowest BCUT2D eigenvalue weighted by molar-refractivity contribution is -0.261. The van der Waals surface area contributed by atoms with Crippen molar-refractivity contribution in [1.29, 1.82) is 0 Å². The van der Waals surface area contributed by atoms with Crippen LogP contribution in [0.1, 0.15) is 40.0 Å². The zero-order valence-electron chi connectivity index (χ0n) is 21.7. The Bertz CT molecular complexity index is 1100. The summed E-state index contributed by atoms with van der Waals surface area (Å²) in [6.45, 7) is 5.64. The van der Waals surface area contributed by atoms with Gasteiger partial charge in [0.1, 0.15) is 30.0 Å². The van der Waals surface area contributed by atoms with E-state index in [-0.39, 0.29) is 32.2 Å². The van der Waals surface area contributed by atoms with Crippen molar-refractivity contribution in [2.75, 3.05) is 19.8 Å². The third-order valence-electron chi connectivity index (χ3n) is 10.1. The molecular formula is C27H34O11. The monoisotopic (exact) mass is 534 g/mol. The van der Waals surface area contributed by atoms with E-state index >= 15 is 0 Å². The molecule has 4 heterocycles. The van der Waals surface area contributed by atoms with E-state index in [1.165, 1.54) is 24.3 Å². The Kier molecular flexibility index (Phi) is 5.87. The number of fused-ring (bicyclic) bond motifs is 2. The number of rotatable bonds is 0. The number of hydrogen-bond acceptors (Lipinski definition) is 11. The Labute approximate surface area is 220 Å². The molecule has 11 atom stereocenters. The van der Waals surface area contributed by atoms with Crippen LogP contribution in [0.2, 0.25) is 0 Å². The molecule has 3 saturated heterocycles. The van der Waals surface area contributed by atoms with Gasteiger partial charge in [-0.25, -0.2) is 14.4 Å². The summed E-state index contributed by atoms with van der Waals surface area (Å²) in [5.74, 6) is -2.60. The van der Waals surface area contributed by atoms with Crippen LogP contribution in [-0.4, -0.2) is 95.8 Å². The van der Waals surface area contributed by atoms with Gasteiger partial charge in [0.2, 0.25) is 0 Å². The molecule has 38 heavy (non-hydrogen) atoms. The predicted molar refractivity (Wildman–Crippen MR) is 126 cm³/mol. The Balaban J connectivity index is 1.39. The van der Waals surface area contributed by atoms with Crippen LogP contribution in [0, 0.1) is 16.7 Å². The molecule has 2 spiro atoms.